The maximum Gasteiger partial charge on any atom is 0.266 e. The zero-order valence-corrected chi connectivity index (χ0v) is 10.2. The van der Waals surface area contributed by atoms with Crippen molar-refractivity contribution in [1.29, 1.82) is 0 Å². The Hall–Kier alpha value is -2.70. The molecule has 1 aliphatic heterocycles. The van der Waals surface area contributed by atoms with Crippen LogP contribution in [-0.4, -0.2) is 11.8 Å². The van der Waals surface area contributed by atoms with Crippen LogP contribution in [0.3, 0.4) is 0 Å². The number of benzene rings is 2. The molecule has 7 heteroatoms. The summed E-state index contributed by atoms with van der Waals surface area (Å²) in [4.78, 5) is 24.4. The van der Waals surface area contributed by atoms with E-state index in [1.807, 2.05) is 0 Å². The third-order valence-electron chi connectivity index (χ3n) is 3.12. The number of hydrogen-bond donors (Lipinski definition) is 0. The van der Waals surface area contributed by atoms with Crippen LogP contribution in [0.5, 0.6) is 0 Å². The molecule has 2 aromatic carbocycles. The van der Waals surface area contributed by atoms with E-state index in [0.717, 1.165) is 0 Å². The predicted octanol–water partition coefficient (Wildman–Crippen LogP) is 3.04. The summed E-state index contributed by atoms with van der Waals surface area (Å²) < 4.78 is 53.1. The van der Waals surface area contributed by atoms with E-state index in [-0.39, 0.29) is 22.1 Å². The van der Waals surface area contributed by atoms with Crippen molar-refractivity contribution in [2.75, 3.05) is 4.90 Å². The van der Waals surface area contributed by atoms with Gasteiger partial charge in [-0.25, -0.2) is 22.5 Å². The molecule has 0 radical (unpaired) electrons. The summed E-state index contributed by atoms with van der Waals surface area (Å²) >= 11 is 0. The number of halogens is 4. The quantitative estimate of drug-likeness (QED) is 0.351. The van der Waals surface area contributed by atoms with Crippen molar-refractivity contribution in [2.45, 2.75) is 0 Å². The summed E-state index contributed by atoms with van der Waals surface area (Å²) in [7, 11) is 0. The standard InChI is InChI=1S/C14H5F4NO2/c15-8-5-9(11(17)12(18)10(8)16)19-13(20)6-3-1-2-4-7(6)14(19)21/h1-5H. The Morgan fingerprint density at radius 3 is 1.81 bits per heavy atom. The fraction of sp³-hybridized carbons (Fsp3) is 0. The number of amides is 2. The summed E-state index contributed by atoms with van der Waals surface area (Å²) in [6.07, 6.45) is 0. The van der Waals surface area contributed by atoms with E-state index in [0.29, 0.717) is 0 Å². The second kappa shape index (κ2) is 4.41. The molecule has 1 aliphatic rings. The van der Waals surface area contributed by atoms with Gasteiger partial charge in [0.25, 0.3) is 11.8 Å². The van der Waals surface area contributed by atoms with Crippen LogP contribution in [0.1, 0.15) is 20.7 Å². The Kier molecular flexibility index (Phi) is 2.79. The molecule has 0 fully saturated rings. The van der Waals surface area contributed by atoms with Gasteiger partial charge in [-0.3, -0.25) is 9.59 Å². The van der Waals surface area contributed by atoms with Gasteiger partial charge in [0, 0.05) is 6.07 Å². The Morgan fingerprint density at radius 1 is 0.762 bits per heavy atom. The van der Waals surface area contributed by atoms with Crippen LogP contribution in [0.2, 0.25) is 0 Å². The number of carbonyl (C=O) groups excluding carboxylic acids is 2. The van der Waals surface area contributed by atoms with E-state index in [1.54, 1.807) is 0 Å². The first kappa shape index (κ1) is 13.3. The average molecular weight is 295 g/mol. The SMILES string of the molecule is O=C1c2ccccc2C(=O)N1c1cc(F)c(F)c(F)c1F. The molecule has 0 atom stereocenters. The largest absolute Gasteiger partial charge is 0.268 e. The van der Waals surface area contributed by atoms with Crippen LogP contribution in [0.4, 0.5) is 23.2 Å². The molecule has 2 aromatic rings. The van der Waals surface area contributed by atoms with Gasteiger partial charge < -0.3 is 0 Å². The Balaban J connectivity index is 2.21. The van der Waals surface area contributed by atoms with Crippen molar-refractivity contribution in [3.63, 3.8) is 0 Å². The van der Waals surface area contributed by atoms with E-state index in [1.165, 1.54) is 24.3 Å². The minimum absolute atomic E-state index is 0.0213. The van der Waals surface area contributed by atoms with Gasteiger partial charge in [-0.2, -0.15) is 0 Å². The molecule has 106 valence electrons. The van der Waals surface area contributed by atoms with Gasteiger partial charge >= 0.3 is 0 Å². The van der Waals surface area contributed by atoms with Crippen LogP contribution in [0.15, 0.2) is 30.3 Å². The van der Waals surface area contributed by atoms with Crippen LogP contribution in [0.25, 0.3) is 0 Å². The van der Waals surface area contributed by atoms with Gasteiger partial charge in [0.2, 0.25) is 0 Å². The van der Waals surface area contributed by atoms with Gasteiger partial charge in [-0.15, -0.1) is 0 Å². The summed E-state index contributed by atoms with van der Waals surface area (Å²) in [5.74, 6) is -9.45. The molecule has 0 aliphatic carbocycles. The van der Waals surface area contributed by atoms with Crippen LogP contribution < -0.4 is 4.90 Å². The lowest BCUT2D eigenvalue weighted by Crippen LogP contribution is -2.30. The molecule has 0 saturated heterocycles. The van der Waals surface area contributed by atoms with E-state index in [4.69, 9.17) is 0 Å². The smallest absolute Gasteiger partial charge is 0.266 e. The molecule has 2 amide bonds. The highest BCUT2D eigenvalue weighted by Gasteiger charge is 2.39. The Labute approximate surface area is 115 Å². The molecule has 0 bridgehead atoms. The molecule has 0 aromatic heterocycles. The lowest BCUT2D eigenvalue weighted by atomic mass is 10.1. The molecule has 21 heavy (non-hydrogen) atoms. The highest BCUT2D eigenvalue weighted by atomic mass is 19.2. The van der Waals surface area contributed by atoms with Gasteiger partial charge in [0.15, 0.2) is 23.3 Å². The van der Waals surface area contributed by atoms with Crippen molar-refractivity contribution in [3.8, 4) is 0 Å². The predicted molar refractivity (Wildman–Crippen MR) is 63.9 cm³/mol. The van der Waals surface area contributed by atoms with Crippen molar-refractivity contribution >= 4 is 17.5 Å². The number of rotatable bonds is 1. The maximum atomic E-state index is 13.7. The number of nitrogens with zero attached hydrogens (tertiary/aromatic N) is 1. The van der Waals surface area contributed by atoms with E-state index in [2.05, 4.69) is 0 Å². The van der Waals surface area contributed by atoms with Gasteiger partial charge in [0.05, 0.1) is 16.8 Å². The number of carbonyl (C=O) groups is 2. The second-order valence-electron chi connectivity index (χ2n) is 4.31. The normalized spacial score (nSPS) is 13.8. The summed E-state index contributed by atoms with van der Waals surface area (Å²) in [6.45, 7) is 0. The van der Waals surface area contributed by atoms with Crippen LogP contribution in [-0.2, 0) is 0 Å². The average Bonchev–Trinajstić information content (AvgIpc) is 2.73. The van der Waals surface area contributed by atoms with Crippen molar-refractivity contribution < 1.29 is 27.2 Å². The first-order valence-corrected chi connectivity index (χ1v) is 5.74. The van der Waals surface area contributed by atoms with Gasteiger partial charge in [-0.05, 0) is 12.1 Å². The Morgan fingerprint density at radius 2 is 1.29 bits per heavy atom. The first-order chi connectivity index (χ1) is 9.93. The number of imide groups is 1. The molecule has 3 rings (SSSR count). The molecule has 0 N–H and O–H groups in total. The van der Waals surface area contributed by atoms with E-state index in [9.17, 15) is 27.2 Å². The maximum absolute atomic E-state index is 13.7. The van der Waals surface area contributed by atoms with Crippen LogP contribution in [0, 0.1) is 23.3 Å². The molecular formula is C14H5F4NO2. The molecule has 3 nitrogen and oxygen atoms in total. The third kappa shape index (κ3) is 1.74. The minimum Gasteiger partial charge on any atom is -0.268 e. The number of anilines is 1. The monoisotopic (exact) mass is 295 g/mol. The van der Waals surface area contributed by atoms with Crippen molar-refractivity contribution in [2.24, 2.45) is 0 Å². The molecule has 0 unspecified atom stereocenters. The van der Waals surface area contributed by atoms with Crippen LogP contribution >= 0.6 is 0 Å². The van der Waals surface area contributed by atoms with Gasteiger partial charge in [0.1, 0.15) is 0 Å². The summed E-state index contributed by atoms with van der Waals surface area (Å²) in [6, 6.07) is 5.88. The fourth-order valence-electron chi connectivity index (χ4n) is 2.13. The third-order valence-corrected chi connectivity index (χ3v) is 3.12. The lowest BCUT2D eigenvalue weighted by molar-refractivity contribution is 0.0924. The highest BCUT2D eigenvalue weighted by molar-refractivity contribution is 6.34. The fourth-order valence-corrected chi connectivity index (χ4v) is 2.13. The first-order valence-electron chi connectivity index (χ1n) is 5.74. The van der Waals surface area contributed by atoms with Gasteiger partial charge in [-0.1, -0.05) is 12.1 Å². The summed E-state index contributed by atoms with van der Waals surface area (Å²) in [5.41, 5.74) is -1.00. The molecule has 0 saturated carbocycles. The number of hydrogen-bond acceptors (Lipinski definition) is 2. The highest BCUT2D eigenvalue weighted by Crippen LogP contribution is 2.32. The van der Waals surface area contributed by atoms with E-state index < -0.39 is 40.8 Å². The zero-order chi connectivity index (χ0) is 15.3. The second-order valence-corrected chi connectivity index (χ2v) is 4.31. The minimum atomic E-state index is -2.08. The lowest BCUT2D eigenvalue weighted by Gasteiger charge is -2.15. The molecule has 0 spiro atoms. The topological polar surface area (TPSA) is 37.4 Å². The van der Waals surface area contributed by atoms with Crippen molar-refractivity contribution in [1.82, 2.24) is 0 Å². The Bertz CT molecular complexity index is 769. The zero-order valence-electron chi connectivity index (χ0n) is 10.2. The number of fused-ring (bicyclic) bond motifs is 1. The molecule has 1 heterocycles. The van der Waals surface area contributed by atoms with E-state index >= 15 is 0 Å². The summed E-state index contributed by atoms with van der Waals surface area (Å²) in [5, 5.41) is 0. The van der Waals surface area contributed by atoms with Crippen molar-refractivity contribution in [3.05, 3.63) is 64.7 Å². The molecular weight excluding hydrogens is 290 g/mol.